The van der Waals surface area contributed by atoms with Crippen molar-refractivity contribution in [1.82, 2.24) is 29.3 Å². The third-order valence-electron chi connectivity index (χ3n) is 5.85. The van der Waals surface area contributed by atoms with Crippen LogP contribution >= 0.6 is 11.3 Å². The van der Waals surface area contributed by atoms with E-state index in [1.807, 2.05) is 28.4 Å². The number of imidazole rings is 1. The van der Waals surface area contributed by atoms with Crippen molar-refractivity contribution in [2.24, 2.45) is 0 Å². The average molecular weight is 432 g/mol. The van der Waals surface area contributed by atoms with Gasteiger partial charge in [0.05, 0.1) is 28.3 Å². The normalized spacial score (nSPS) is 15.9. The van der Waals surface area contributed by atoms with Gasteiger partial charge in [-0.2, -0.15) is 0 Å². The molecule has 8 nitrogen and oxygen atoms in total. The first kappa shape index (κ1) is 18.4. The van der Waals surface area contributed by atoms with Crippen molar-refractivity contribution in [3.63, 3.8) is 0 Å². The predicted octanol–water partition coefficient (Wildman–Crippen LogP) is 4.36. The zero-order chi connectivity index (χ0) is 20.9. The fraction of sp³-hybridized carbons (Fsp3) is 0.318. The molecule has 6 rings (SSSR count). The van der Waals surface area contributed by atoms with Crippen molar-refractivity contribution in [3.8, 4) is 16.4 Å². The lowest BCUT2D eigenvalue weighted by Gasteiger charge is -2.08. The quantitative estimate of drug-likeness (QED) is 0.490. The van der Waals surface area contributed by atoms with Crippen LogP contribution in [0.2, 0.25) is 0 Å². The Morgan fingerprint density at radius 3 is 2.84 bits per heavy atom. The number of rotatable bonds is 6. The van der Waals surface area contributed by atoms with Crippen LogP contribution in [0.3, 0.4) is 0 Å². The SMILES string of the molecule is Cc1c(C2CC2)ncn1-c1ccnc(C(=O)Nc2csc(-c3nncn3C3CC3)c2)c1. The Bertz CT molecular complexity index is 1280. The van der Waals surface area contributed by atoms with Crippen molar-refractivity contribution >= 4 is 22.9 Å². The molecule has 4 aromatic heterocycles. The number of aromatic nitrogens is 6. The van der Waals surface area contributed by atoms with E-state index in [2.05, 4.69) is 37.0 Å². The molecular weight excluding hydrogens is 410 g/mol. The second-order valence-electron chi connectivity index (χ2n) is 8.21. The topological polar surface area (TPSA) is 90.5 Å². The highest BCUT2D eigenvalue weighted by atomic mass is 32.1. The predicted molar refractivity (Wildman–Crippen MR) is 118 cm³/mol. The van der Waals surface area contributed by atoms with Gasteiger partial charge in [-0.1, -0.05) is 0 Å². The van der Waals surface area contributed by atoms with Crippen molar-refractivity contribution in [3.05, 3.63) is 59.5 Å². The van der Waals surface area contributed by atoms with E-state index in [-0.39, 0.29) is 5.91 Å². The van der Waals surface area contributed by atoms with Crippen LogP contribution in [0, 0.1) is 6.92 Å². The molecule has 31 heavy (non-hydrogen) atoms. The maximum absolute atomic E-state index is 12.9. The average Bonchev–Trinajstić information content (AvgIpc) is 3.68. The summed E-state index contributed by atoms with van der Waals surface area (Å²) in [5.74, 6) is 1.20. The Hall–Kier alpha value is -3.33. The monoisotopic (exact) mass is 431 g/mol. The van der Waals surface area contributed by atoms with Crippen LogP contribution in [-0.2, 0) is 0 Å². The number of pyridine rings is 1. The van der Waals surface area contributed by atoms with E-state index in [9.17, 15) is 4.79 Å². The molecule has 2 aliphatic carbocycles. The van der Waals surface area contributed by atoms with E-state index in [1.165, 1.54) is 25.7 Å². The standard InChI is InChI=1S/C22H21N7OS/c1-13-20(14-2-3-14)24-11-28(13)17-6-7-23-18(9-17)22(30)26-15-8-19(31-10-15)21-27-25-12-29(21)16-4-5-16/h6-12,14,16H,2-5H2,1H3,(H,26,30). The first-order valence-electron chi connectivity index (χ1n) is 10.5. The van der Waals surface area contributed by atoms with Crippen molar-refractivity contribution in [1.29, 1.82) is 0 Å². The molecule has 2 aliphatic rings. The number of carbonyl (C=O) groups is 1. The molecule has 156 valence electrons. The van der Waals surface area contributed by atoms with Gasteiger partial charge in [-0.05, 0) is 50.8 Å². The minimum Gasteiger partial charge on any atom is -0.320 e. The molecule has 0 aliphatic heterocycles. The molecule has 2 fully saturated rings. The smallest absolute Gasteiger partial charge is 0.274 e. The molecule has 0 radical (unpaired) electrons. The van der Waals surface area contributed by atoms with E-state index >= 15 is 0 Å². The van der Waals surface area contributed by atoms with Crippen LogP contribution in [0.1, 0.15) is 59.5 Å². The van der Waals surface area contributed by atoms with Gasteiger partial charge in [0.1, 0.15) is 12.0 Å². The molecule has 0 aromatic carbocycles. The lowest BCUT2D eigenvalue weighted by Crippen LogP contribution is -2.13. The molecule has 1 N–H and O–H groups in total. The Morgan fingerprint density at radius 2 is 2.03 bits per heavy atom. The first-order valence-corrected chi connectivity index (χ1v) is 11.4. The number of hydrogen-bond acceptors (Lipinski definition) is 6. The summed E-state index contributed by atoms with van der Waals surface area (Å²) in [6.07, 6.45) is 10.0. The molecular formula is C22H21N7OS. The van der Waals surface area contributed by atoms with Gasteiger partial charge in [0, 0.05) is 29.2 Å². The molecule has 1 amide bonds. The van der Waals surface area contributed by atoms with Gasteiger partial charge in [-0.15, -0.1) is 21.5 Å². The van der Waals surface area contributed by atoms with Crippen LogP contribution in [0.25, 0.3) is 16.4 Å². The van der Waals surface area contributed by atoms with E-state index in [1.54, 1.807) is 29.9 Å². The third-order valence-corrected chi connectivity index (χ3v) is 6.78. The molecule has 0 atom stereocenters. The van der Waals surface area contributed by atoms with Crippen LogP contribution in [0.4, 0.5) is 5.69 Å². The Labute approximate surface area is 183 Å². The lowest BCUT2D eigenvalue weighted by atomic mass is 10.2. The highest BCUT2D eigenvalue weighted by Crippen LogP contribution is 2.41. The maximum Gasteiger partial charge on any atom is 0.274 e. The summed E-state index contributed by atoms with van der Waals surface area (Å²) >= 11 is 1.55. The molecule has 0 saturated heterocycles. The second-order valence-corrected chi connectivity index (χ2v) is 9.12. The molecule has 4 aromatic rings. The van der Waals surface area contributed by atoms with Gasteiger partial charge in [0.2, 0.25) is 0 Å². The highest BCUT2D eigenvalue weighted by molar-refractivity contribution is 7.14. The molecule has 0 bridgehead atoms. The number of hydrogen-bond donors (Lipinski definition) is 1. The number of carbonyl (C=O) groups excluding carboxylic acids is 1. The minimum absolute atomic E-state index is 0.241. The Balaban J connectivity index is 1.22. The molecule has 4 heterocycles. The van der Waals surface area contributed by atoms with Crippen LogP contribution in [0.5, 0.6) is 0 Å². The zero-order valence-corrected chi connectivity index (χ0v) is 17.8. The number of amides is 1. The molecule has 0 spiro atoms. The summed E-state index contributed by atoms with van der Waals surface area (Å²) in [5, 5.41) is 13.2. The van der Waals surface area contributed by atoms with E-state index < -0.39 is 0 Å². The molecule has 0 unspecified atom stereocenters. The lowest BCUT2D eigenvalue weighted by molar-refractivity contribution is 0.102. The van der Waals surface area contributed by atoms with Gasteiger partial charge in [0.15, 0.2) is 5.82 Å². The second kappa shape index (κ2) is 7.12. The number of thiophene rings is 1. The summed E-state index contributed by atoms with van der Waals surface area (Å²) in [6.45, 7) is 2.08. The largest absolute Gasteiger partial charge is 0.320 e. The van der Waals surface area contributed by atoms with E-state index in [0.29, 0.717) is 17.7 Å². The van der Waals surface area contributed by atoms with Gasteiger partial charge in [0.25, 0.3) is 5.91 Å². The highest BCUT2D eigenvalue weighted by Gasteiger charge is 2.29. The fourth-order valence-electron chi connectivity index (χ4n) is 3.89. The molecule has 9 heteroatoms. The van der Waals surface area contributed by atoms with Crippen LogP contribution < -0.4 is 5.32 Å². The maximum atomic E-state index is 12.9. The van der Waals surface area contributed by atoms with Crippen molar-refractivity contribution in [2.45, 2.75) is 44.6 Å². The number of nitrogens with zero attached hydrogens (tertiary/aromatic N) is 6. The number of anilines is 1. The minimum atomic E-state index is -0.241. The summed E-state index contributed by atoms with van der Waals surface area (Å²) < 4.78 is 4.14. The Kier molecular flexibility index (Phi) is 4.24. The van der Waals surface area contributed by atoms with Crippen molar-refractivity contribution in [2.75, 3.05) is 5.32 Å². The van der Waals surface area contributed by atoms with E-state index in [4.69, 9.17) is 0 Å². The van der Waals surface area contributed by atoms with Gasteiger partial charge in [-0.25, -0.2) is 4.98 Å². The van der Waals surface area contributed by atoms with Crippen LogP contribution in [-0.4, -0.2) is 35.2 Å². The summed E-state index contributed by atoms with van der Waals surface area (Å²) in [4.78, 5) is 22.7. The number of nitrogens with one attached hydrogen (secondary N) is 1. The van der Waals surface area contributed by atoms with Crippen LogP contribution in [0.15, 0.2) is 42.4 Å². The molecule has 2 saturated carbocycles. The summed E-state index contributed by atoms with van der Waals surface area (Å²) in [5.41, 5.74) is 4.28. The summed E-state index contributed by atoms with van der Waals surface area (Å²) in [6, 6.07) is 6.15. The zero-order valence-electron chi connectivity index (χ0n) is 17.0. The van der Waals surface area contributed by atoms with E-state index in [0.717, 1.165) is 33.5 Å². The van der Waals surface area contributed by atoms with Gasteiger partial charge in [-0.3, -0.25) is 9.78 Å². The Morgan fingerprint density at radius 1 is 1.16 bits per heavy atom. The van der Waals surface area contributed by atoms with Gasteiger partial charge >= 0.3 is 0 Å². The van der Waals surface area contributed by atoms with Gasteiger partial charge < -0.3 is 14.5 Å². The van der Waals surface area contributed by atoms with Crippen molar-refractivity contribution < 1.29 is 4.79 Å². The first-order chi connectivity index (χ1) is 15.2. The fourth-order valence-corrected chi connectivity index (χ4v) is 4.72. The third kappa shape index (κ3) is 3.44. The summed E-state index contributed by atoms with van der Waals surface area (Å²) in [7, 11) is 0.